The lowest BCUT2D eigenvalue weighted by Crippen LogP contribution is -2.04. The quantitative estimate of drug-likeness (QED) is 0.670. The van der Waals surface area contributed by atoms with Gasteiger partial charge in [-0.1, -0.05) is 30.3 Å². The number of ether oxygens (including phenoxy) is 1. The van der Waals surface area contributed by atoms with Crippen molar-refractivity contribution in [3.8, 4) is 5.75 Å². The monoisotopic (exact) mass is 260 g/mol. The largest absolute Gasteiger partial charge is 0.464 e. The van der Waals surface area contributed by atoms with E-state index in [0.717, 1.165) is 34.5 Å². The molecular weight excluding hydrogens is 248 g/mol. The normalized spacial score (nSPS) is 13.5. The van der Waals surface area contributed by atoms with Crippen molar-refractivity contribution in [2.45, 2.75) is 6.42 Å². The lowest BCUT2D eigenvalue weighted by Gasteiger charge is -2.16. The number of benzene rings is 2. The summed E-state index contributed by atoms with van der Waals surface area (Å²) >= 11 is 0. The number of para-hydroxylation sites is 3. The molecule has 20 heavy (non-hydrogen) atoms. The zero-order chi connectivity index (χ0) is 13.4. The summed E-state index contributed by atoms with van der Waals surface area (Å²) in [6, 6.07) is 15.9. The van der Waals surface area contributed by atoms with Crippen LogP contribution in [0.1, 0.15) is 11.3 Å². The highest BCUT2D eigenvalue weighted by atomic mass is 16.5. The summed E-state index contributed by atoms with van der Waals surface area (Å²) in [6.07, 6.45) is 4.41. The third-order valence-electron chi connectivity index (χ3n) is 3.46. The molecule has 2 aromatic carbocycles. The molecule has 3 aromatic rings. The van der Waals surface area contributed by atoms with Gasteiger partial charge in [-0.15, -0.1) is 0 Å². The summed E-state index contributed by atoms with van der Waals surface area (Å²) in [5, 5.41) is 0. The van der Waals surface area contributed by atoms with Crippen molar-refractivity contribution in [2.75, 3.05) is 0 Å². The molecule has 96 valence electrons. The van der Waals surface area contributed by atoms with Crippen LogP contribution in [0, 0.1) is 0 Å². The van der Waals surface area contributed by atoms with E-state index in [-0.39, 0.29) is 0 Å². The third-order valence-corrected chi connectivity index (χ3v) is 3.46. The van der Waals surface area contributed by atoms with Gasteiger partial charge < -0.3 is 4.74 Å². The molecule has 0 saturated carbocycles. The van der Waals surface area contributed by atoms with Gasteiger partial charge in [0, 0.05) is 12.0 Å². The first-order chi connectivity index (χ1) is 9.90. The third kappa shape index (κ3) is 1.84. The second-order valence-corrected chi connectivity index (χ2v) is 4.79. The maximum absolute atomic E-state index is 5.67. The maximum atomic E-state index is 5.67. The summed E-state index contributed by atoms with van der Waals surface area (Å²) in [7, 11) is 0. The van der Waals surface area contributed by atoms with E-state index < -0.39 is 0 Å². The van der Waals surface area contributed by atoms with Gasteiger partial charge in [-0.25, -0.2) is 4.98 Å². The molecular formula is C17H12N2O. The maximum Gasteiger partial charge on any atom is 0.130 e. The minimum absolute atomic E-state index is 0.823. The van der Waals surface area contributed by atoms with Crippen LogP contribution < -0.4 is 4.74 Å². The Labute approximate surface area is 116 Å². The van der Waals surface area contributed by atoms with Crippen molar-refractivity contribution >= 4 is 16.6 Å². The van der Waals surface area contributed by atoms with Crippen molar-refractivity contribution < 1.29 is 4.74 Å². The Morgan fingerprint density at radius 3 is 2.65 bits per heavy atom. The van der Waals surface area contributed by atoms with E-state index in [4.69, 9.17) is 4.74 Å². The lowest BCUT2D eigenvalue weighted by atomic mass is 10.0. The fourth-order valence-corrected chi connectivity index (χ4v) is 2.41. The molecule has 0 aliphatic carbocycles. The number of fused-ring (bicyclic) bond motifs is 2. The molecule has 0 fully saturated rings. The molecule has 3 nitrogen and oxygen atoms in total. The van der Waals surface area contributed by atoms with E-state index in [1.807, 2.05) is 48.7 Å². The van der Waals surface area contributed by atoms with Crippen molar-refractivity contribution in [1.29, 1.82) is 0 Å². The van der Waals surface area contributed by atoms with Gasteiger partial charge in [0.05, 0.1) is 29.2 Å². The molecule has 0 N–H and O–H groups in total. The van der Waals surface area contributed by atoms with Gasteiger partial charge in [0.25, 0.3) is 0 Å². The first-order valence-corrected chi connectivity index (χ1v) is 6.56. The predicted molar refractivity (Wildman–Crippen MR) is 78.3 cm³/mol. The second kappa shape index (κ2) is 4.46. The summed E-state index contributed by atoms with van der Waals surface area (Å²) in [5.41, 5.74) is 4.93. The molecule has 2 heterocycles. The van der Waals surface area contributed by atoms with E-state index in [1.165, 1.54) is 5.56 Å². The molecule has 0 atom stereocenters. The van der Waals surface area contributed by atoms with Crippen LogP contribution in [-0.2, 0) is 6.42 Å². The molecule has 0 saturated heterocycles. The van der Waals surface area contributed by atoms with E-state index >= 15 is 0 Å². The zero-order valence-electron chi connectivity index (χ0n) is 10.8. The van der Waals surface area contributed by atoms with E-state index in [0.29, 0.717) is 0 Å². The highest BCUT2D eigenvalue weighted by molar-refractivity contribution is 5.77. The van der Waals surface area contributed by atoms with Crippen molar-refractivity contribution in [3.05, 3.63) is 72.2 Å². The number of rotatable bonds is 1. The molecule has 4 rings (SSSR count). The van der Waals surface area contributed by atoms with Crippen LogP contribution in [-0.4, -0.2) is 9.97 Å². The van der Waals surface area contributed by atoms with Gasteiger partial charge >= 0.3 is 0 Å². The van der Waals surface area contributed by atoms with Gasteiger partial charge in [-0.05, 0) is 23.8 Å². The molecule has 1 aliphatic heterocycles. The fraction of sp³-hybridized carbons (Fsp3) is 0.0588. The molecule has 0 bridgehead atoms. The zero-order valence-corrected chi connectivity index (χ0v) is 10.8. The Morgan fingerprint density at radius 2 is 1.70 bits per heavy atom. The summed E-state index contributed by atoms with van der Waals surface area (Å²) < 4.78 is 5.67. The number of nitrogens with zero attached hydrogens (tertiary/aromatic N) is 2. The highest BCUT2D eigenvalue weighted by Crippen LogP contribution is 2.30. The van der Waals surface area contributed by atoms with Gasteiger partial charge in [0.1, 0.15) is 5.75 Å². The predicted octanol–water partition coefficient (Wildman–Crippen LogP) is 3.61. The number of aromatic nitrogens is 2. The highest BCUT2D eigenvalue weighted by Gasteiger charge is 2.14. The standard InChI is InChI=1S/C17H12N2O/c1-4-8-17-12(5-1)9-13(11-20-17)16-10-18-14-6-2-3-7-15(14)19-16/h1-8,10-11H,9H2. The first kappa shape index (κ1) is 11.2. The van der Waals surface area contributed by atoms with Crippen LogP contribution in [0.3, 0.4) is 0 Å². The average molecular weight is 260 g/mol. The molecule has 0 unspecified atom stereocenters. The fourth-order valence-electron chi connectivity index (χ4n) is 2.41. The van der Waals surface area contributed by atoms with Gasteiger partial charge in [0.2, 0.25) is 0 Å². The van der Waals surface area contributed by atoms with Gasteiger partial charge in [0.15, 0.2) is 0 Å². The van der Waals surface area contributed by atoms with Crippen LogP contribution in [0.2, 0.25) is 0 Å². The summed E-state index contributed by atoms with van der Waals surface area (Å²) in [5.74, 6) is 0.921. The number of allylic oxidation sites excluding steroid dienone is 1. The summed E-state index contributed by atoms with van der Waals surface area (Å²) in [6.45, 7) is 0. The molecule has 0 radical (unpaired) electrons. The Balaban J connectivity index is 1.75. The van der Waals surface area contributed by atoms with Crippen molar-refractivity contribution in [3.63, 3.8) is 0 Å². The average Bonchev–Trinajstić information content (AvgIpc) is 2.54. The number of hydrogen-bond acceptors (Lipinski definition) is 3. The molecule has 0 amide bonds. The smallest absolute Gasteiger partial charge is 0.130 e. The Hall–Kier alpha value is -2.68. The van der Waals surface area contributed by atoms with E-state index in [1.54, 1.807) is 6.26 Å². The van der Waals surface area contributed by atoms with Crippen molar-refractivity contribution in [1.82, 2.24) is 9.97 Å². The van der Waals surface area contributed by atoms with Crippen LogP contribution >= 0.6 is 0 Å². The number of hydrogen-bond donors (Lipinski definition) is 0. The Bertz CT molecular complexity index is 824. The second-order valence-electron chi connectivity index (χ2n) is 4.79. The molecule has 0 spiro atoms. The Kier molecular flexibility index (Phi) is 2.49. The van der Waals surface area contributed by atoms with E-state index in [2.05, 4.69) is 16.0 Å². The minimum atomic E-state index is 0.823. The molecule has 1 aromatic heterocycles. The Morgan fingerprint density at radius 1 is 0.900 bits per heavy atom. The van der Waals surface area contributed by atoms with Gasteiger partial charge in [-0.3, -0.25) is 4.98 Å². The van der Waals surface area contributed by atoms with E-state index in [9.17, 15) is 0 Å². The molecule has 1 aliphatic rings. The lowest BCUT2D eigenvalue weighted by molar-refractivity contribution is 0.468. The first-order valence-electron chi connectivity index (χ1n) is 6.56. The minimum Gasteiger partial charge on any atom is -0.464 e. The molecule has 3 heteroatoms. The summed E-state index contributed by atoms with van der Waals surface area (Å²) in [4.78, 5) is 9.11. The van der Waals surface area contributed by atoms with Crippen LogP contribution in [0.5, 0.6) is 5.75 Å². The SMILES string of the molecule is C1=C(c2cnc3ccccc3n2)Cc2ccccc2O1. The van der Waals surface area contributed by atoms with Gasteiger partial charge in [-0.2, -0.15) is 0 Å². The van der Waals surface area contributed by atoms with Crippen molar-refractivity contribution in [2.24, 2.45) is 0 Å². The van der Waals surface area contributed by atoms with Crippen LogP contribution in [0.25, 0.3) is 16.6 Å². The van der Waals surface area contributed by atoms with Crippen LogP contribution in [0.4, 0.5) is 0 Å². The van der Waals surface area contributed by atoms with Crippen LogP contribution in [0.15, 0.2) is 61.0 Å². The topological polar surface area (TPSA) is 35.0 Å².